The zero-order chi connectivity index (χ0) is 7.26. The van der Waals surface area contributed by atoms with Crippen molar-refractivity contribution in [2.45, 2.75) is 37.6 Å². The van der Waals surface area contributed by atoms with Gasteiger partial charge in [-0.05, 0) is 31.7 Å². The molecule has 0 amide bonds. The zero-order valence-corrected chi connectivity index (χ0v) is 6.53. The number of hydrogen-bond acceptors (Lipinski definition) is 1. The van der Waals surface area contributed by atoms with E-state index < -0.39 is 0 Å². The highest BCUT2D eigenvalue weighted by Crippen LogP contribution is 2.40. The molecule has 2 heteroatoms. The minimum Gasteiger partial charge on any atom is -0.269 e. The highest BCUT2D eigenvalue weighted by molar-refractivity contribution is 5.13. The van der Waals surface area contributed by atoms with Crippen molar-refractivity contribution >= 4 is 0 Å². The van der Waals surface area contributed by atoms with E-state index in [1.165, 1.54) is 31.4 Å². The summed E-state index contributed by atoms with van der Waals surface area (Å²) in [7, 11) is 0. The summed E-state index contributed by atoms with van der Waals surface area (Å²) < 4.78 is 2.15. The molecule has 2 aliphatic carbocycles. The quantitative estimate of drug-likeness (QED) is 0.628. The van der Waals surface area contributed by atoms with E-state index in [0.717, 1.165) is 12.0 Å². The van der Waals surface area contributed by atoms with Gasteiger partial charge < -0.3 is 0 Å². The van der Waals surface area contributed by atoms with Crippen LogP contribution in [0.1, 0.15) is 43.3 Å². The molecule has 0 radical (unpaired) electrons. The second-order valence-corrected chi connectivity index (χ2v) is 3.73. The van der Waals surface area contributed by atoms with Crippen LogP contribution in [-0.4, -0.2) is 9.78 Å². The van der Waals surface area contributed by atoms with E-state index in [0.29, 0.717) is 0 Å². The van der Waals surface area contributed by atoms with Crippen molar-refractivity contribution in [2.24, 2.45) is 0 Å². The molecule has 0 saturated heterocycles. The summed E-state index contributed by atoms with van der Waals surface area (Å²) in [6.07, 6.45) is 7.55. The van der Waals surface area contributed by atoms with Gasteiger partial charge in [-0.15, -0.1) is 0 Å². The van der Waals surface area contributed by atoms with E-state index in [1.54, 1.807) is 0 Å². The Labute approximate surface area is 66.2 Å². The predicted molar refractivity (Wildman–Crippen MR) is 42.5 cm³/mol. The highest BCUT2D eigenvalue weighted by atomic mass is 15.3. The van der Waals surface area contributed by atoms with Gasteiger partial charge >= 0.3 is 0 Å². The van der Waals surface area contributed by atoms with Crippen molar-refractivity contribution in [2.75, 3.05) is 0 Å². The first-order valence-electron chi connectivity index (χ1n) is 4.48. The Hall–Kier alpha value is -0.790. The molecule has 2 saturated carbocycles. The largest absolute Gasteiger partial charge is 0.269 e. The van der Waals surface area contributed by atoms with Crippen molar-refractivity contribution in [1.29, 1.82) is 0 Å². The first-order valence-corrected chi connectivity index (χ1v) is 4.48. The molecule has 0 N–H and O–H groups in total. The maximum Gasteiger partial charge on any atom is 0.0655 e. The molecule has 58 valence electrons. The van der Waals surface area contributed by atoms with Crippen LogP contribution in [0.15, 0.2) is 12.3 Å². The number of aromatic nitrogens is 2. The van der Waals surface area contributed by atoms with Gasteiger partial charge in [0.05, 0.1) is 11.7 Å². The van der Waals surface area contributed by atoms with Crippen molar-refractivity contribution < 1.29 is 0 Å². The Morgan fingerprint density at radius 1 is 1.27 bits per heavy atom. The Balaban J connectivity index is 1.88. The normalized spacial score (nSPS) is 24.0. The Kier molecular flexibility index (Phi) is 0.989. The van der Waals surface area contributed by atoms with Crippen LogP contribution in [-0.2, 0) is 0 Å². The molecule has 1 aromatic rings. The zero-order valence-electron chi connectivity index (χ0n) is 6.53. The van der Waals surface area contributed by atoms with E-state index in [-0.39, 0.29) is 0 Å². The number of rotatable bonds is 2. The van der Waals surface area contributed by atoms with Gasteiger partial charge in [0.25, 0.3) is 0 Å². The maximum atomic E-state index is 4.55. The van der Waals surface area contributed by atoms with E-state index in [1.807, 2.05) is 0 Å². The van der Waals surface area contributed by atoms with Crippen LogP contribution in [0.25, 0.3) is 0 Å². The van der Waals surface area contributed by atoms with E-state index in [9.17, 15) is 0 Å². The minimum atomic E-state index is 0.752. The molecule has 0 atom stereocenters. The summed E-state index contributed by atoms with van der Waals surface area (Å²) in [6, 6.07) is 2.94. The molecule has 2 aliphatic rings. The molecule has 1 aromatic heterocycles. The van der Waals surface area contributed by atoms with Gasteiger partial charge in [0, 0.05) is 12.1 Å². The van der Waals surface area contributed by atoms with Crippen LogP contribution in [0.5, 0.6) is 0 Å². The fourth-order valence-corrected chi connectivity index (χ4v) is 1.49. The third-order valence-electron chi connectivity index (χ3n) is 2.55. The predicted octanol–water partition coefficient (Wildman–Crippen LogP) is 2.10. The van der Waals surface area contributed by atoms with E-state index >= 15 is 0 Å². The fourth-order valence-electron chi connectivity index (χ4n) is 1.49. The topological polar surface area (TPSA) is 17.8 Å². The van der Waals surface area contributed by atoms with Crippen LogP contribution in [0.2, 0.25) is 0 Å². The summed E-state index contributed by atoms with van der Waals surface area (Å²) in [5, 5.41) is 4.55. The number of hydrogen-bond donors (Lipinski definition) is 0. The summed E-state index contributed by atoms with van der Waals surface area (Å²) in [6.45, 7) is 0. The SMILES string of the molecule is c1cn(C2CC2)nc1C1CC1. The number of nitrogens with zero attached hydrogens (tertiary/aromatic N) is 2. The molecule has 0 aliphatic heterocycles. The van der Waals surface area contributed by atoms with Gasteiger partial charge in [0.2, 0.25) is 0 Å². The Bertz CT molecular complexity index is 242. The van der Waals surface area contributed by atoms with Crippen LogP contribution in [0.3, 0.4) is 0 Å². The van der Waals surface area contributed by atoms with Crippen molar-refractivity contribution in [3.05, 3.63) is 18.0 Å². The molecular weight excluding hydrogens is 136 g/mol. The van der Waals surface area contributed by atoms with Crippen LogP contribution in [0, 0.1) is 0 Å². The molecule has 0 aromatic carbocycles. The van der Waals surface area contributed by atoms with Gasteiger partial charge in [-0.25, -0.2) is 0 Å². The first-order chi connectivity index (χ1) is 5.43. The van der Waals surface area contributed by atoms with Gasteiger partial charge in [0.1, 0.15) is 0 Å². The van der Waals surface area contributed by atoms with E-state index in [4.69, 9.17) is 0 Å². The molecule has 2 fully saturated rings. The summed E-state index contributed by atoms with van der Waals surface area (Å²) in [5.41, 5.74) is 1.33. The molecular formula is C9H12N2. The lowest BCUT2D eigenvalue weighted by molar-refractivity contribution is 0.630. The summed E-state index contributed by atoms with van der Waals surface area (Å²) in [5.74, 6) is 0.815. The Morgan fingerprint density at radius 2 is 2.09 bits per heavy atom. The van der Waals surface area contributed by atoms with Gasteiger partial charge in [-0.2, -0.15) is 5.10 Å². The standard InChI is InChI=1S/C9H12N2/c1-2-7(1)9-5-6-11(10-9)8-3-4-8/h5-8H,1-4H2. The average Bonchev–Trinajstić information content (AvgIpc) is 2.90. The fraction of sp³-hybridized carbons (Fsp3) is 0.667. The third-order valence-corrected chi connectivity index (χ3v) is 2.55. The molecule has 0 bridgehead atoms. The second kappa shape index (κ2) is 1.87. The van der Waals surface area contributed by atoms with Gasteiger partial charge in [-0.3, -0.25) is 4.68 Å². The molecule has 0 spiro atoms. The smallest absolute Gasteiger partial charge is 0.0655 e. The minimum absolute atomic E-state index is 0.752. The van der Waals surface area contributed by atoms with Crippen molar-refractivity contribution in [1.82, 2.24) is 9.78 Å². The summed E-state index contributed by atoms with van der Waals surface area (Å²) in [4.78, 5) is 0. The van der Waals surface area contributed by atoms with Crippen LogP contribution < -0.4 is 0 Å². The lowest BCUT2D eigenvalue weighted by Gasteiger charge is -1.93. The van der Waals surface area contributed by atoms with Crippen molar-refractivity contribution in [3.8, 4) is 0 Å². The molecule has 11 heavy (non-hydrogen) atoms. The van der Waals surface area contributed by atoms with Gasteiger partial charge in [0.15, 0.2) is 0 Å². The monoisotopic (exact) mass is 148 g/mol. The van der Waals surface area contributed by atoms with Crippen LogP contribution >= 0.6 is 0 Å². The lowest BCUT2D eigenvalue weighted by Crippen LogP contribution is -1.94. The van der Waals surface area contributed by atoms with Gasteiger partial charge in [-0.1, -0.05) is 0 Å². The maximum absolute atomic E-state index is 4.55. The Morgan fingerprint density at radius 3 is 2.73 bits per heavy atom. The molecule has 1 heterocycles. The third kappa shape index (κ3) is 0.971. The second-order valence-electron chi connectivity index (χ2n) is 3.73. The first kappa shape index (κ1) is 5.81. The van der Waals surface area contributed by atoms with E-state index in [2.05, 4.69) is 22.0 Å². The average molecular weight is 148 g/mol. The van der Waals surface area contributed by atoms with Crippen LogP contribution in [0.4, 0.5) is 0 Å². The lowest BCUT2D eigenvalue weighted by atomic mass is 10.3. The van der Waals surface area contributed by atoms with Crippen molar-refractivity contribution in [3.63, 3.8) is 0 Å². The molecule has 0 unspecified atom stereocenters. The summed E-state index contributed by atoms with van der Waals surface area (Å²) >= 11 is 0. The molecule has 2 nitrogen and oxygen atoms in total. The molecule has 3 rings (SSSR count). The highest BCUT2D eigenvalue weighted by Gasteiger charge is 2.29.